The van der Waals surface area contributed by atoms with Crippen LogP contribution in [0.4, 0.5) is 11.4 Å². The van der Waals surface area contributed by atoms with Gasteiger partial charge in [-0.3, -0.25) is 0 Å². The lowest BCUT2D eigenvalue weighted by atomic mass is 10.1. The smallest absolute Gasteiger partial charge is 0.120 e. The van der Waals surface area contributed by atoms with Crippen molar-refractivity contribution >= 4 is 28.6 Å². The molecule has 0 amide bonds. The Morgan fingerprint density at radius 3 is 2.35 bits per heavy atom. The molecule has 0 atom stereocenters. The average Bonchev–Trinajstić information content (AvgIpc) is 2.42. The van der Waals surface area contributed by atoms with Gasteiger partial charge in [-0.1, -0.05) is 30.4 Å². The molecule has 0 heterocycles. The van der Waals surface area contributed by atoms with Crippen molar-refractivity contribution in [1.29, 1.82) is 0 Å². The van der Waals surface area contributed by atoms with Crippen LogP contribution in [0.1, 0.15) is 16.7 Å². The van der Waals surface area contributed by atoms with E-state index in [1.807, 2.05) is 24.3 Å². The van der Waals surface area contributed by atoms with E-state index in [9.17, 15) is 0 Å². The van der Waals surface area contributed by atoms with E-state index in [4.69, 9.17) is 22.7 Å². The van der Waals surface area contributed by atoms with Gasteiger partial charge < -0.3 is 15.8 Å². The monoisotopic (exact) mass is 286 g/mol. The molecule has 3 N–H and O–H groups in total. The van der Waals surface area contributed by atoms with Gasteiger partial charge in [0.2, 0.25) is 0 Å². The number of aryl methyl sites for hydroxylation is 2. The number of benzene rings is 2. The molecular formula is C16H18N2OS. The van der Waals surface area contributed by atoms with Crippen LogP contribution in [0.3, 0.4) is 0 Å². The predicted molar refractivity (Wildman–Crippen MR) is 88.1 cm³/mol. The largest absolute Gasteiger partial charge is 0.497 e. The molecule has 3 nitrogen and oxygen atoms in total. The minimum Gasteiger partial charge on any atom is -0.497 e. The zero-order valence-corrected chi connectivity index (χ0v) is 12.7. The first-order valence-electron chi connectivity index (χ1n) is 6.34. The summed E-state index contributed by atoms with van der Waals surface area (Å²) in [5.41, 5.74) is 10.9. The first kappa shape index (κ1) is 14.3. The van der Waals surface area contributed by atoms with E-state index in [2.05, 4.69) is 31.3 Å². The van der Waals surface area contributed by atoms with Crippen LogP contribution in [0.5, 0.6) is 5.75 Å². The highest BCUT2D eigenvalue weighted by Crippen LogP contribution is 2.29. The van der Waals surface area contributed by atoms with Gasteiger partial charge >= 0.3 is 0 Å². The van der Waals surface area contributed by atoms with Crippen LogP contribution >= 0.6 is 12.2 Å². The molecule has 4 heteroatoms. The SMILES string of the molecule is COc1ccc(C(N)=S)c(Nc2c(C)cccc2C)c1. The molecule has 0 bridgehead atoms. The third-order valence-electron chi connectivity index (χ3n) is 3.23. The van der Waals surface area contributed by atoms with Crippen molar-refractivity contribution in [2.75, 3.05) is 12.4 Å². The second-order valence-corrected chi connectivity index (χ2v) is 5.11. The third-order valence-corrected chi connectivity index (χ3v) is 3.45. The van der Waals surface area contributed by atoms with E-state index in [-0.39, 0.29) is 0 Å². The fraction of sp³-hybridized carbons (Fsp3) is 0.188. The van der Waals surface area contributed by atoms with Crippen molar-refractivity contribution in [3.05, 3.63) is 53.1 Å². The molecule has 0 aromatic heterocycles. The molecule has 0 fully saturated rings. The molecule has 20 heavy (non-hydrogen) atoms. The van der Waals surface area contributed by atoms with E-state index in [0.29, 0.717) is 4.99 Å². The summed E-state index contributed by atoms with van der Waals surface area (Å²) in [7, 11) is 1.64. The van der Waals surface area contributed by atoms with Crippen molar-refractivity contribution in [2.24, 2.45) is 5.73 Å². The standard InChI is InChI=1S/C16H18N2OS/c1-10-5-4-6-11(2)15(10)18-14-9-12(19-3)7-8-13(14)16(17)20/h4-9,18H,1-3H3,(H2,17,20). The molecule has 2 rings (SSSR count). The number of nitrogens with two attached hydrogens (primary N) is 1. The summed E-state index contributed by atoms with van der Waals surface area (Å²) in [6.45, 7) is 4.13. The highest BCUT2D eigenvalue weighted by Gasteiger charge is 2.09. The van der Waals surface area contributed by atoms with Crippen molar-refractivity contribution < 1.29 is 4.74 Å². The molecule has 0 radical (unpaired) electrons. The number of rotatable bonds is 4. The number of ether oxygens (including phenoxy) is 1. The zero-order valence-electron chi connectivity index (χ0n) is 11.9. The van der Waals surface area contributed by atoms with Crippen LogP contribution in [-0.4, -0.2) is 12.1 Å². The summed E-state index contributed by atoms with van der Waals surface area (Å²) in [4.78, 5) is 0.362. The van der Waals surface area contributed by atoms with E-state index in [1.54, 1.807) is 7.11 Å². The van der Waals surface area contributed by atoms with Gasteiger partial charge in [-0.2, -0.15) is 0 Å². The predicted octanol–water partition coefficient (Wildman–Crippen LogP) is 3.69. The Morgan fingerprint density at radius 1 is 1.15 bits per heavy atom. The Morgan fingerprint density at radius 2 is 1.80 bits per heavy atom. The number of nitrogens with one attached hydrogen (secondary N) is 1. The quantitative estimate of drug-likeness (QED) is 0.842. The van der Waals surface area contributed by atoms with Gasteiger partial charge in [0, 0.05) is 17.3 Å². The van der Waals surface area contributed by atoms with Gasteiger partial charge in [0.15, 0.2) is 0 Å². The summed E-state index contributed by atoms with van der Waals surface area (Å²) in [6, 6.07) is 11.8. The molecule has 0 aliphatic rings. The molecular weight excluding hydrogens is 268 g/mol. The summed E-state index contributed by atoms with van der Waals surface area (Å²) < 4.78 is 5.26. The molecule has 2 aromatic rings. The van der Waals surface area contributed by atoms with Crippen molar-refractivity contribution in [3.63, 3.8) is 0 Å². The first-order valence-corrected chi connectivity index (χ1v) is 6.75. The normalized spacial score (nSPS) is 10.2. The Bertz CT molecular complexity index is 633. The summed E-state index contributed by atoms with van der Waals surface area (Å²) in [5, 5.41) is 3.42. The Kier molecular flexibility index (Phi) is 4.25. The minimum atomic E-state index is 0.362. The maximum Gasteiger partial charge on any atom is 0.120 e. The van der Waals surface area contributed by atoms with Crippen LogP contribution in [-0.2, 0) is 0 Å². The minimum absolute atomic E-state index is 0.362. The molecule has 0 unspecified atom stereocenters. The summed E-state index contributed by atoms with van der Waals surface area (Å²) in [6.07, 6.45) is 0. The van der Waals surface area contributed by atoms with Gasteiger partial charge in [0.05, 0.1) is 12.8 Å². The van der Waals surface area contributed by atoms with Crippen LogP contribution < -0.4 is 15.8 Å². The molecule has 104 valence electrons. The topological polar surface area (TPSA) is 47.3 Å². The van der Waals surface area contributed by atoms with Gasteiger partial charge in [-0.25, -0.2) is 0 Å². The lowest BCUT2D eigenvalue weighted by Crippen LogP contribution is -2.12. The second-order valence-electron chi connectivity index (χ2n) is 4.67. The molecule has 0 aliphatic carbocycles. The fourth-order valence-corrected chi connectivity index (χ4v) is 2.29. The maximum atomic E-state index is 5.79. The van der Waals surface area contributed by atoms with E-state index in [0.717, 1.165) is 22.7 Å². The Balaban J connectivity index is 2.49. The third kappa shape index (κ3) is 2.91. The number of anilines is 2. The van der Waals surface area contributed by atoms with Crippen molar-refractivity contribution in [3.8, 4) is 5.75 Å². The summed E-state index contributed by atoms with van der Waals surface area (Å²) in [5.74, 6) is 0.763. The first-order chi connectivity index (χ1) is 9.52. The number of hydrogen-bond acceptors (Lipinski definition) is 3. The molecule has 0 saturated carbocycles. The van der Waals surface area contributed by atoms with E-state index < -0.39 is 0 Å². The van der Waals surface area contributed by atoms with Crippen molar-refractivity contribution in [1.82, 2.24) is 0 Å². The van der Waals surface area contributed by atoms with Crippen LogP contribution in [0.15, 0.2) is 36.4 Å². The number of methoxy groups -OCH3 is 1. The highest BCUT2D eigenvalue weighted by molar-refractivity contribution is 7.80. The molecule has 0 spiro atoms. The summed E-state index contributed by atoms with van der Waals surface area (Å²) >= 11 is 5.11. The lowest BCUT2D eigenvalue weighted by molar-refractivity contribution is 0.415. The maximum absolute atomic E-state index is 5.79. The highest BCUT2D eigenvalue weighted by atomic mass is 32.1. The second kappa shape index (κ2) is 5.92. The number of thiocarbonyl (C=S) groups is 1. The van der Waals surface area contributed by atoms with E-state index in [1.165, 1.54) is 11.1 Å². The average molecular weight is 286 g/mol. The number of para-hydroxylation sites is 1. The molecule has 0 saturated heterocycles. The van der Waals surface area contributed by atoms with Gasteiger partial charge in [-0.15, -0.1) is 0 Å². The van der Waals surface area contributed by atoms with Gasteiger partial charge in [-0.05, 0) is 37.1 Å². The Hall–Kier alpha value is -2.07. The molecule has 2 aromatic carbocycles. The van der Waals surface area contributed by atoms with Gasteiger partial charge in [0.25, 0.3) is 0 Å². The van der Waals surface area contributed by atoms with Crippen LogP contribution in [0, 0.1) is 13.8 Å². The Labute approximate surface area is 124 Å². The van der Waals surface area contributed by atoms with Crippen LogP contribution in [0.25, 0.3) is 0 Å². The zero-order chi connectivity index (χ0) is 14.7. The number of hydrogen-bond donors (Lipinski definition) is 2. The van der Waals surface area contributed by atoms with E-state index >= 15 is 0 Å². The van der Waals surface area contributed by atoms with Crippen LogP contribution in [0.2, 0.25) is 0 Å². The lowest BCUT2D eigenvalue weighted by Gasteiger charge is -2.16. The fourth-order valence-electron chi connectivity index (χ4n) is 2.11. The molecule has 0 aliphatic heterocycles. The van der Waals surface area contributed by atoms with Crippen molar-refractivity contribution in [2.45, 2.75) is 13.8 Å². The van der Waals surface area contributed by atoms with Gasteiger partial charge in [0.1, 0.15) is 10.7 Å².